The number of alkyl halides is 3. The number of hydrogen-bond acceptors (Lipinski definition) is 6. The van der Waals surface area contributed by atoms with Crippen molar-refractivity contribution in [3.63, 3.8) is 0 Å². The molecular weight excluding hydrogens is 417 g/mol. The predicted molar refractivity (Wildman–Crippen MR) is 96.6 cm³/mol. The van der Waals surface area contributed by atoms with Crippen molar-refractivity contribution < 1.29 is 40.6 Å². The highest BCUT2D eigenvalue weighted by Gasteiger charge is 2.41. The number of sulfonamides is 1. The predicted octanol–water partition coefficient (Wildman–Crippen LogP) is 1.79. The van der Waals surface area contributed by atoms with E-state index in [0.717, 1.165) is 25.2 Å². The summed E-state index contributed by atoms with van der Waals surface area (Å²) in [5.41, 5.74) is 1.15. The number of carbonyl (C=O) groups is 1. The fourth-order valence-corrected chi connectivity index (χ4v) is 4.89. The third kappa shape index (κ3) is 6.98. The van der Waals surface area contributed by atoms with Crippen LogP contribution in [-0.2, 0) is 26.1 Å². The fourth-order valence-electron chi connectivity index (χ4n) is 3.32. The van der Waals surface area contributed by atoms with Crippen LogP contribution < -0.4 is 0 Å². The Morgan fingerprint density at radius 3 is 2.55 bits per heavy atom. The third-order valence-corrected chi connectivity index (χ3v) is 6.67. The zero-order chi connectivity index (χ0) is 21.7. The second kappa shape index (κ2) is 9.92. The minimum atomic E-state index is -5.08. The zero-order valence-electron chi connectivity index (χ0n) is 16.0. The van der Waals surface area contributed by atoms with Crippen LogP contribution in [0.1, 0.15) is 18.9 Å². The summed E-state index contributed by atoms with van der Waals surface area (Å²) in [7, 11) is -3.13. The lowest BCUT2D eigenvalue weighted by Gasteiger charge is -2.22. The van der Waals surface area contributed by atoms with Gasteiger partial charge in [0.1, 0.15) is 0 Å². The van der Waals surface area contributed by atoms with Crippen molar-refractivity contribution in [2.45, 2.75) is 32.2 Å². The molecule has 3 heterocycles. The molecule has 3 rings (SSSR count). The number of carboxylic acid groups (broad SMARTS) is 1. The van der Waals surface area contributed by atoms with Gasteiger partial charge in [-0.05, 0) is 12.5 Å². The molecule has 0 spiro atoms. The van der Waals surface area contributed by atoms with Gasteiger partial charge in [-0.15, -0.1) is 0 Å². The summed E-state index contributed by atoms with van der Waals surface area (Å²) in [6.45, 7) is 6.20. The molecule has 1 aromatic heterocycles. The average Bonchev–Trinajstić information content (AvgIpc) is 3.22. The van der Waals surface area contributed by atoms with Crippen molar-refractivity contribution in [2.24, 2.45) is 5.92 Å². The standard InChI is InChI=1S/C15H24N2O4S.C2HF3O2/c1-2-7-22(18,19)17-10-14-9-16(4-6-21-15(14)11-17)8-13-3-5-20-12-13;3-2(4,5)1(6)7/h3,5,12,14-15H,2,4,6-11H2,1H3;(H,6,7)/t14-,15+;/m0./s1. The molecule has 2 aliphatic heterocycles. The Morgan fingerprint density at radius 2 is 2.00 bits per heavy atom. The second-order valence-corrected chi connectivity index (χ2v) is 9.06. The van der Waals surface area contributed by atoms with Gasteiger partial charge in [0.25, 0.3) is 0 Å². The summed E-state index contributed by atoms with van der Waals surface area (Å²) in [6.07, 6.45) is -0.959. The quantitative estimate of drug-likeness (QED) is 0.742. The van der Waals surface area contributed by atoms with E-state index in [1.807, 2.05) is 13.0 Å². The molecule has 0 amide bonds. The molecule has 12 heteroatoms. The first-order valence-electron chi connectivity index (χ1n) is 9.16. The molecule has 0 aromatic carbocycles. The number of ether oxygens (including phenoxy) is 1. The molecule has 0 saturated carbocycles. The summed E-state index contributed by atoms with van der Waals surface area (Å²) in [5, 5.41) is 7.12. The van der Waals surface area contributed by atoms with Gasteiger partial charge in [-0.3, -0.25) is 4.90 Å². The number of hydrogen-bond donors (Lipinski definition) is 1. The largest absolute Gasteiger partial charge is 0.490 e. The second-order valence-electron chi connectivity index (χ2n) is 6.97. The minimum absolute atomic E-state index is 0.0287. The van der Waals surface area contributed by atoms with Gasteiger partial charge in [-0.2, -0.15) is 17.5 Å². The van der Waals surface area contributed by atoms with Crippen LogP contribution >= 0.6 is 0 Å². The van der Waals surface area contributed by atoms with E-state index in [4.69, 9.17) is 19.1 Å². The van der Waals surface area contributed by atoms with Crippen LogP contribution in [0.15, 0.2) is 23.0 Å². The Hall–Kier alpha value is -1.63. The zero-order valence-corrected chi connectivity index (χ0v) is 16.8. The van der Waals surface area contributed by atoms with Gasteiger partial charge in [0.05, 0.1) is 31.0 Å². The van der Waals surface area contributed by atoms with Crippen LogP contribution in [0.3, 0.4) is 0 Å². The summed E-state index contributed by atoms with van der Waals surface area (Å²) in [6, 6.07) is 1.97. The number of aliphatic carboxylic acids is 1. The van der Waals surface area contributed by atoms with Gasteiger partial charge in [0.15, 0.2) is 0 Å². The molecule has 1 N–H and O–H groups in total. The topological polar surface area (TPSA) is 100 Å². The molecule has 2 atom stereocenters. The van der Waals surface area contributed by atoms with Crippen molar-refractivity contribution in [1.82, 2.24) is 9.21 Å². The van der Waals surface area contributed by atoms with E-state index < -0.39 is 22.2 Å². The molecule has 0 unspecified atom stereocenters. The molecule has 0 radical (unpaired) electrons. The number of rotatable bonds is 5. The Bertz CT molecular complexity index is 754. The van der Waals surface area contributed by atoms with Gasteiger partial charge in [-0.25, -0.2) is 13.2 Å². The maximum Gasteiger partial charge on any atom is 0.490 e. The first-order chi connectivity index (χ1) is 13.5. The molecular formula is C17H25F3N2O6S. The Balaban J connectivity index is 0.000000370. The van der Waals surface area contributed by atoms with Crippen molar-refractivity contribution in [3.8, 4) is 0 Å². The molecule has 8 nitrogen and oxygen atoms in total. The summed E-state index contributed by atoms with van der Waals surface area (Å²) in [4.78, 5) is 11.2. The van der Waals surface area contributed by atoms with Gasteiger partial charge in [-0.1, -0.05) is 6.92 Å². The van der Waals surface area contributed by atoms with Crippen molar-refractivity contribution in [1.29, 1.82) is 0 Å². The lowest BCUT2D eigenvalue weighted by Crippen LogP contribution is -2.34. The third-order valence-electron chi connectivity index (χ3n) is 4.66. The molecule has 2 aliphatic rings. The monoisotopic (exact) mass is 442 g/mol. The Labute approximate surface area is 167 Å². The molecule has 0 bridgehead atoms. The van der Waals surface area contributed by atoms with Crippen LogP contribution in [0.2, 0.25) is 0 Å². The van der Waals surface area contributed by atoms with Crippen LogP contribution in [0, 0.1) is 5.92 Å². The summed E-state index contributed by atoms with van der Waals surface area (Å²) < 4.78 is 68.9. The first-order valence-corrected chi connectivity index (χ1v) is 10.8. The van der Waals surface area contributed by atoms with Gasteiger partial charge >= 0.3 is 12.1 Å². The van der Waals surface area contributed by atoms with Gasteiger partial charge < -0.3 is 14.3 Å². The number of carboxylic acids is 1. The highest BCUT2D eigenvalue weighted by Crippen LogP contribution is 2.26. The van der Waals surface area contributed by atoms with Crippen molar-refractivity contribution in [3.05, 3.63) is 24.2 Å². The molecule has 166 valence electrons. The SMILES string of the molecule is CCCS(=O)(=O)N1C[C@@H]2CN(Cc3ccoc3)CCO[C@@H]2C1.O=C(O)C(F)(F)F. The van der Waals surface area contributed by atoms with Crippen molar-refractivity contribution in [2.75, 3.05) is 38.5 Å². The van der Waals surface area contributed by atoms with E-state index in [9.17, 15) is 21.6 Å². The van der Waals surface area contributed by atoms with E-state index in [2.05, 4.69) is 4.90 Å². The summed E-state index contributed by atoms with van der Waals surface area (Å²) in [5.74, 6) is -2.28. The highest BCUT2D eigenvalue weighted by molar-refractivity contribution is 7.89. The highest BCUT2D eigenvalue weighted by atomic mass is 32.2. The van der Waals surface area contributed by atoms with Crippen LogP contribution in [0.25, 0.3) is 0 Å². The Morgan fingerprint density at radius 1 is 1.31 bits per heavy atom. The smallest absolute Gasteiger partial charge is 0.475 e. The Kier molecular flexibility index (Phi) is 8.09. The first kappa shape index (κ1) is 23.6. The van der Waals surface area contributed by atoms with E-state index in [-0.39, 0.29) is 17.8 Å². The molecule has 2 saturated heterocycles. The normalized spacial score (nSPS) is 23.7. The molecule has 1 aromatic rings. The van der Waals surface area contributed by atoms with Crippen LogP contribution in [-0.4, -0.2) is 79.5 Å². The van der Waals surface area contributed by atoms with Crippen LogP contribution in [0.5, 0.6) is 0 Å². The van der Waals surface area contributed by atoms with Gasteiger partial charge in [0.2, 0.25) is 10.0 Å². The number of nitrogens with zero attached hydrogens (tertiary/aromatic N) is 2. The average molecular weight is 442 g/mol. The fraction of sp³-hybridized carbons (Fsp3) is 0.706. The van der Waals surface area contributed by atoms with Crippen molar-refractivity contribution >= 4 is 16.0 Å². The number of furan rings is 1. The van der Waals surface area contributed by atoms with Crippen LogP contribution in [0.4, 0.5) is 13.2 Å². The maximum absolute atomic E-state index is 12.2. The lowest BCUT2D eigenvalue weighted by atomic mass is 10.1. The number of halogens is 3. The minimum Gasteiger partial charge on any atom is -0.475 e. The van der Waals surface area contributed by atoms with Gasteiger partial charge in [0, 0.05) is 44.2 Å². The summed E-state index contributed by atoms with van der Waals surface area (Å²) >= 11 is 0. The number of fused-ring (bicyclic) bond motifs is 1. The maximum atomic E-state index is 12.2. The lowest BCUT2D eigenvalue weighted by molar-refractivity contribution is -0.192. The molecule has 2 fully saturated rings. The van der Waals surface area contributed by atoms with E-state index in [1.165, 1.54) is 0 Å². The molecule has 29 heavy (non-hydrogen) atoms. The van der Waals surface area contributed by atoms with E-state index >= 15 is 0 Å². The molecule has 0 aliphatic carbocycles. The van der Waals surface area contributed by atoms with E-state index in [0.29, 0.717) is 26.1 Å². The van der Waals surface area contributed by atoms with E-state index in [1.54, 1.807) is 16.8 Å².